The minimum Gasteiger partial charge on any atom is -0.493 e. The minimum atomic E-state index is 0.0183. The predicted molar refractivity (Wildman–Crippen MR) is 61.6 cm³/mol. The molecule has 1 N–H and O–H groups in total. The highest BCUT2D eigenvalue weighted by atomic mass is 16.5. The second kappa shape index (κ2) is 5.99. The Morgan fingerprint density at radius 2 is 2.00 bits per heavy atom. The lowest BCUT2D eigenvalue weighted by Crippen LogP contribution is -2.15. The van der Waals surface area contributed by atoms with Crippen LogP contribution in [0.5, 0.6) is 11.5 Å². The summed E-state index contributed by atoms with van der Waals surface area (Å²) in [6.45, 7) is 0. The van der Waals surface area contributed by atoms with Gasteiger partial charge in [0.05, 0.1) is 26.7 Å². The fraction of sp³-hybridized carbons (Fsp3) is 0.417. The quantitative estimate of drug-likeness (QED) is 0.823. The van der Waals surface area contributed by atoms with Gasteiger partial charge in [-0.1, -0.05) is 6.07 Å². The number of methoxy groups -OCH3 is 2. The van der Waals surface area contributed by atoms with Crippen LogP contribution in [0.25, 0.3) is 0 Å². The molecular formula is C12H16N2O2. The first-order valence-electron chi connectivity index (χ1n) is 5.03. The second-order valence-corrected chi connectivity index (χ2v) is 3.32. The van der Waals surface area contributed by atoms with Gasteiger partial charge in [0.1, 0.15) is 0 Å². The molecule has 0 aliphatic rings. The monoisotopic (exact) mass is 220 g/mol. The van der Waals surface area contributed by atoms with Gasteiger partial charge >= 0.3 is 0 Å². The van der Waals surface area contributed by atoms with E-state index in [-0.39, 0.29) is 6.04 Å². The molecule has 1 atom stereocenters. The van der Waals surface area contributed by atoms with Gasteiger partial charge in [-0.15, -0.1) is 0 Å². The second-order valence-electron chi connectivity index (χ2n) is 3.32. The van der Waals surface area contributed by atoms with Crippen LogP contribution in [0, 0.1) is 11.3 Å². The Labute approximate surface area is 95.8 Å². The molecule has 0 spiro atoms. The molecule has 16 heavy (non-hydrogen) atoms. The van der Waals surface area contributed by atoms with Crippen LogP contribution >= 0.6 is 0 Å². The number of hydrogen-bond donors (Lipinski definition) is 1. The smallest absolute Gasteiger partial charge is 0.161 e. The third-order valence-electron chi connectivity index (χ3n) is 2.45. The molecular weight excluding hydrogens is 204 g/mol. The predicted octanol–water partition coefficient (Wildman–Crippen LogP) is 1.88. The molecule has 1 aromatic rings. The summed E-state index contributed by atoms with van der Waals surface area (Å²) in [5.41, 5.74) is 1.02. The lowest BCUT2D eigenvalue weighted by Gasteiger charge is -2.15. The van der Waals surface area contributed by atoms with E-state index in [9.17, 15) is 0 Å². The lowest BCUT2D eigenvalue weighted by atomic mass is 10.0. The van der Waals surface area contributed by atoms with Crippen molar-refractivity contribution in [3.8, 4) is 17.6 Å². The van der Waals surface area contributed by atoms with E-state index < -0.39 is 0 Å². The topological polar surface area (TPSA) is 54.3 Å². The van der Waals surface area contributed by atoms with E-state index in [1.807, 2.05) is 25.2 Å². The largest absolute Gasteiger partial charge is 0.493 e. The van der Waals surface area contributed by atoms with Crippen molar-refractivity contribution in [3.63, 3.8) is 0 Å². The number of hydrogen-bond acceptors (Lipinski definition) is 4. The molecule has 0 saturated carbocycles. The molecule has 0 aliphatic carbocycles. The first-order chi connectivity index (χ1) is 7.76. The van der Waals surface area contributed by atoms with Gasteiger partial charge in [0.15, 0.2) is 11.5 Å². The zero-order valence-electron chi connectivity index (χ0n) is 9.78. The van der Waals surface area contributed by atoms with Gasteiger partial charge in [0.2, 0.25) is 0 Å². The average molecular weight is 220 g/mol. The molecule has 1 rings (SSSR count). The van der Waals surface area contributed by atoms with Crippen LogP contribution in [0.1, 0.15) is 18.0 Å². The van der Waals surface area contributed by atoms with Crippen LogP contribution in [0.3, 0.4) is 0 Å². The van der Waals surface area contributed by atoms with Gasteiger partial charge in [0, 0.05) is 6.04 Å². The SMILES string of the molecule is CNC(CC#N)c1ccc(OC)c(OC)c1. The minimum absolute atomic E-state index is 0.0183. The van der Waals surface area contributed by atoms with Crippen molar-refractivity contribution in [3.05, 3.63) is 23.8 Å². The van der Waals surface area contributed by atoms with Crippen LogP contribution in [0.4, 0.5) is 0 Å². The van der Waals surface area contributed by atoms with Gasteiger partial charge in [-0.05, 0) is 24.7 Å². The van der Waals surface area contributed by atoms with Crippen LogP contribution in [-0.2, 0) is 0 Å². The van der Waals surface area contributed by atoms with Gasteiger partial charge in [0.25, 0.3) is 0 Å². The fourth-order valence-electron chi connectivity index (χ4n) is 1.55. The van der Waals surface area contributed by atoms with Gasteiger partial charge in [-0.3, -0.25) is 0 Å². The third kappa shape index (κ3) is 2.65. The van der Waals surface area contributed by atoms with Gasteiger partial charge in [-0.2, -0.15) is 5.26 Å². The number of nitriles is 1. The van der Waals surface area contributed by atoms with E-state index in [1.165, 1.54) is 0 Å². The maximum atomic E-state index is 8.71. The Balaban J connectivity index is 3.02. The van der Waals surface area contributed by atoms with Crippen molar-refractivity contribution in [2.45, 2.75) is 12.5 Å². The van der Waals surface area contributed by atoms with E-state index in [0.29, 0.717) is 17.9 Å². The summed E-state index contributed by atoms with van der Waals surface area (Å²) in [7, 11) is 5.03. The third-order valence-corrected chi connectivity index (χ3v) is 2.45. The van der Waals surface area contributed by atoms with E-state index >= 15 is 0 Å². The van der Waals surface area contributed by atoms with Crippen LogP contribution in [-0.4, -0.2) is 21.3 Å². The standard InChI is InChI=1S/C12H16N2O2/c1-14-10(6-7-13)9-4-5-11(15-2)12(8-9)16-3/h4-5,8,10,14H,6H2,1-3H3. The summed E-state index contributed by atoms with van der Waals surface area (Å²) in [6.07, 6.45) is 0.423. The molecule has 0 aliphatic heterocycles. The molecule has 4 heteroatoms. The molecule has 86 valence electrons. The Morgan fingerprint density at radius 1 is 1.31 bits per heavy atom. The first-order valence-corrected chi connectivity index (χ1v) is 5.03. The number of nitrogens with zero attached hydrogens (tertiary/aromatic N) is 1. The molecule has 0 aromatic heterocycles. The van der Waals surface area contributed by atoms with E-state index in [4.69, 9.17) is 14.7 Å². The van der Waals surface area contributed by atoms with Crippen LogP contribution < -0.4 is 14.8 Å². The van der Waals surface area contributed by atoms with Gasteiger partial charge < -0.3 is 14.8 Å². The fourth-order valence-corrected chi connectivity index (χ4v) is 1.55. The van der Waals surface area contributed by atoms with Crippen LogP contribution in [0.15, 0.2) is 18.2 Å². The zero-order valence-corrected chi connectivity index (χ0v) is 9.78. The zero-order chi connectivity index (χ0) is 12.0. The summed E-state index contributed by atoms with van der Waals surface area (Å²) in [4.78, 5) is 0. The molecule has 0 fully saturated rings. The Hall–Kier alpha value is -1.73. The highest BCUT2D eigenvalue weighted by Crippen LogP contribution is 2.30. The molecule has 1 unspecified atom stereocenters. The molecule has 0 heterocycles. The normalized spacial score (nSPS) is 11.6. The molecule has 0 radical (unpaired) electrons. The maximum Gasteiger partial charge on any atom is 0.161 e. The van der Waals surface area contributed by atoms with Crippen LogP contribution in [0.2, 0.25) is 0 Å². The summed E-state index contributed by atoms with van der Waals surface area (Å²) in [5, 5.41) is 11.8. The van der Waals surface area contributed by atoms with Crippen molar-refractivity contribution in [2.24, 2.45) is 0 Å². The number of nitrogens with one attached hydrogen (secondary N) is 1. The van der Waals surface area contributed by atoms with Crippen molar-refractivity contribution in [1.29, 1.82) is 5.26 Å². The van der Waals surface area contributed by atoms with Crippen molar-refractivity contribution in [2.75, 3.05) is 21.3 Å². The Morgan fingerprint density at radius 3 is 2.50 bits per heavy atom. The first kappa shape index (κ1) is 12.3. The molecule has 1 aromatic carbocycles. The van der Waals surface area contributed by atoms with Crippen molar-refractivity contribution in [1.82, 2.24) is 5.32 Å². The maximum absolute atomic E-state index is 8.71. The highest BCUT2D eigenvalue weighted by molar-refractivity contribution is 5.43. The molecule has 0 amide bonds. The Kier molecular flexibility index (Phi) is 4.62. The average Bonchev–Trinajstić information content (AvgIpc) is 2.35. The number of rotatable bonds is 5. The summed E-state index contributed by atoms with van der Waals surface area (Å²) < 4.78 is 10.4. The van der Waals surface area contributed by atoms with Gasteiger partial charge in [-0.25, -0.2) is 0 Å². The van der Waals surface area contributed by atoms with E-state index in [0.717, 1.165) is 5.56 Å². The van der Waals surface area contributed by atoms with Crippen molar-refractivity contribution >= 4 is 0 Å². The molecule has 0 bridgehead atoms. The summed E-state index contributed by atoms with van der Waals surface area (Å²) >= 11 is 0. The molecule has 4 nitrogen and oxygen atoms in total. The lowest BCUT2D eigenvalue weighted by molar-refractivity contribution is 0.354. The van der Waals surface area contributed by atoms with Crippen molar-refractivity contribution < 1.29 is 9.47 Å². The summed E-state index contributed by atoms with van der Waals surface area (Å²) in [6, 6.07) is 7.83. The highest BCUT2D eigenvalue weighted by Gasteiger charge is 2.12. The molecule has 0 saturated heterocycles. The number of benzene rings is 1. The van der Waals surface area contributed by atoms with E-state index in [1.54, 1.807) is 14.2 Å². The number of ether oxygens (including phenoxy) is 2. The van der Waals surface area contributed by atoms with E-state index in [2.05, 4.69) is 11.4 Å². The summed E-state index contributed by atoms with van der Waals surface area (Å²) in [5.74, 6) is 1.37. The Bertz CT molecular complexity index is 385.